The monoisotopic (exact) mass is 431 g/mol. The van der Waals surface area contributed by atoms with Gasteiger partial charge in [0, 0.05) is 43.8 Å². The number of hydrogen-bond donors (Lipinski definition) is 2. The molecule has 0 aromatic carbocycles. The second-order valence-corrected chi connectivity index (χ2v) is 10.4. The number of carbonyl (C=O) groups is 1. The van der Waals surface area contributed by atoms with Gasteiger partial charge in [-0.15, -0.1) is 22.7 Å². The number of fused-ring (bicyclic) bond motifs is 2. The number of aromatic nitrogens is 2. The van der Waals surface area contributed by atoms with Crippen LogP contribution in [0.3, 0.4) is 0 Å². The van der Waals surface area contributed by atoms with Crippen LogP contribution in [0.1, 0.15) is 50.3 Å². The Morgan fingerprint density at radius 2 is 2.24 bits per heavy atom. The van der Waals surface area contributed by atoms with Gasteiger partial charge < -0.3 is 10.4 Å². The molecule has 2 aliphatic rings. The Labute approximate surface area is 181 Å². The van der Waals surface area contributed by atoms with E-state index in [4.69, 9.17) is 4.98 Å². The van der Waals surface area contributed by atoms with Crippen molar-refractivity contribution in [3.05, 3.63) is 33.8 Å². The van der Waals surface area contributed by atoms with Gasteiger partial charge in [0.1, 0.15) is 16.3 Å². The number of aliphatic hydroxyl groups is 1. The molecule has 1 aliphatic heterocycles. The van der Waals surface area contributed by atoms with E-state index >= 15 is 0 Å². The summed E-state index contributed by atoms with van der Waals surface area (Å²) in [4.78, 5) is 24.3. The molecule has 1 aliphatic carbocycles. The number of nitrogens with zero attached hydrogens (tertiary/aromatic N) is 2. The van der Waals surface area contributed by atoms with Gasteiger partial charge in [-0.2, -0.15) is 0 Å². The minimum absolute atomic E-state index is 0. The highest BCUT2D eigenvalue weighted by Gasteiger charge is 2.27. The number of Topliss-reactive ketones (excluding diaryl/α,β-unsaturated/α-hetero) is 1. The highest BCUT2D eigenvalue weighted by molar-refractivity contribution is 7.22. The van der Waals surface area contributed by atoms with Crippen molar-refractivity contribution in [3.8, 4) is 10.6 Å². The predicted molar refractivity (Wildman–Crippen MR) is 122 cm³/mol. The molecule has 0 amide bonds. The molecule has 0 saturated heterocycles. The molecule has 3 aromatic rings. The Hall–Kier alpha value is -1.67. The maximum absolute atomic E-state index is 12.7. The first kappa shape index (κ1) is 19.3. The van der Waals surface area contributed by atoms with Crippen molar-refractivity contribution in [3.63, 3.8) is 0 Å². The zero-order valence-corrected chi connectivity index (χ0v) is 18.0. The second-order valence-electron chi connectivity index (χ2n) is 8.19. The minimum Gasteiger partial charge on any atom is -0.393 e. The number of thiazole rings is 1. The first-order valence-corrected chi connectivity index (χ1v) is 12.1. The van der Waals surface area contributed by atoms with Crippen LogP contribution < -0.4 is 5.32 Å². The van der Waals surface area contributed by atoms with Crippen LogP contribution in [0.25, 0.3) is 20.8 Å². The first-order valence-electron chi connectivity index (χ1n) is 10.4. The Balaban J connectivity index is 0.00000136. The third kappa shape index (κ3) is 4.01. The molecule has 0 bridgehead atoms. The summed E-state index contributed by atoms with van der Waals surface area (Å²) in [6, 6.07) is 2.01. The van der Waals surface area contributed by atoms with Crippen LogP contribution in [0.4, 0.5) is 0 Å². The molecule has 1 saturated carbocycles. The Morgan fingerprint density at radius 1 is 1.34 bits per heavy atom. The smallest absolute Gasteiger partial charge is 0.138 e. The fourth-order valence-corrected chi connectivity index (χ4v) is 6.89. The van der Waals surface area contributed by atoms with Gasteiger partial charge in [0.25, 0.3) is 0 Å². The lowest BCUT2D eigenvalue weighted by Crippen LogP contribution is -2.28. The standard InChI is InChI=1S/C22H25N3O2S2.2H2/c26-14(3-1-2-13-8-15(27)9-13)10-19-21(16-4-6-24-12-20(16)28-19)22-25-17-11-23-7-5-18(17)29-22;;/h5,7,11,13,15,24,27H,1-4,6,8-10,12H2;2*1H. The van der Waals surface area contributed by atoms with Gasteiger partial charge in [0.15, 0.2) is 0 Å². The van der Waals surface area contributed by atoms with Crippen molar-refractivity contribution in [2.75, 3.05) is 6.54 Å². The summed E-state index contributed by atoms with van der Waals surface area (Å²) in [6.07, 6.45) is 9.48. The van der Waals surface area contributed by atoms with E-state index in [0.29, 0.717) is 24.5 Å². The molecular weight excluding hydrogens is 402 g/mol. The van der Waals surface area contributed by atoms with Crippen molar-refractivity contribution < 1.29 is 12.8 Å². The number of ketones is 1. The fraction of sp³-hybridized carbons (Fsp3) is 0.500. The molecule has 156 valence electrons. The van der Waals surface area contributed by atoms with E-state index in [0.717, 1.165) is 60.4 Å². The maximum Gasteiger partial charge on any atom is 0.138 e. The van der Waals surface area contributed by atoms with Gasteiger partial charge in [-0.05, 0) is 56.2 Å². The van der Waals surface area contributed by atoms with Gasteiger partial charge in [0.2, 0.25) is 0 Å². The van der Waals surface area contributed by atoms with E-state index in [1.165, 1.54) is 20.9 Å². The molecule has 7 heteroatoms. The third-order valence-corrected chi connectivity index (χ3v) is 8.33. The first-order chi connectivity index (χ1) is 14.2. The topological polar surface area (TPSA) is 75.1 Å². The zero-order valence-electron chi connectivity index (χ0n) is 16.3. The Bertz CT molecular complexity index is 1010. The highest BCUT2D eigenvalue weighted by atomic mass is 32.1. The summed E-state index contributed by atoms with van der Waals surface area (Å²) in [5.41, 5.74) is 3.52. The van der Waals surface area contributed by atoms with Crippen LogP contribution in [0.15, 0.2) is 18.5 Å². The fourth-order valence-electron chi connectivity index (χ4n) is 4.44. The van der Waals surface area contributed by atoms with E-state index in [9.17, 15) is 9.90 Å². The van der Waals surface area contributed by atoms with Crippen molar-refractivity contribution in [2.24, 2.45) is 5.92 Å². The number of nitrogens with one attached hydrogen (secondary N) is 1. The van der Waals surface area contributed by atoms with E-state index in [-0.39, 0.29) is 8.96 Å². The summed E-state index contributed by atoms with van der Waals surface area (Å²) < 4.78 is 1.14. The van der Waals surface area contributed by atoms with Gasteiger partial charge in [0.05, 0.1) is 17.0 Å². The molecule has 0 unspecified atom stereocenters. The Morgan fingerprint density at radius 3 is 3.07 bits per heavy atom. The molecule has 29 heavy (non-hydrogen) atoms. The number of thiophene rings is 1. The number of rotatable bonds is 7. The Kier molecular flexibility index (Phi) is 5.47. The number of aliphatic hydroxyl groups excluding tert-OH is 1. The second kappa shape index (κ2) is 8.22. The number of hydrogen-bond acceptors (Lipinski definition) is 7. The van der Waals surface area contributed by atoms with Crippen molar-refractivity contribution in [2.45, 2.75) is 57.6 Å². The van der Waals surface area contributed by atoms with Crippen LogP contribution >= 0.6 is 22.7 Å². The lowest BCUT2D eigenvalue weighted by molar-refractivity contribution is -0.118. The lowest BCUT2D eigenvalue weighted by Gasteiger charge is -2.31. The molecule has 1 fully saturated rings. The van der Waals surface area contributed by atoms with E-state index < -0.39 is 0 Å². The maximum atomic E-state index is 12.7. The van der Waals surface area contributed by atoms with Crippen molar-refractivity contribution in [1.82, 2.24) is 15.3 Å². The van der Waals surface area contributed by atoms with E-state index in [2.05, 4.69) is 10.3 Å². The van der Waals surface area contributed by atoms with Crippen LogP contribution in [-0.4, -0.2) is 33.5 Å². The quantitative estimate of drug-likeness (QED) is 0.571. The van der Waals surface area contributed by atoms with E-state index in [1.807, 2.05) is 18.5 Å². The average Bonchev–Trinajstić information content (AvgIpc) is 3.26. The van der Waals surface area contributed by atoms with Crippen LogP contribution in [-0.2, 0) is 24.2 Å². The van der Waals surface area contributed by atoms with Crippen molar-refractivity contribution >= 4 is 38.7 Å². The molecule has 4 heterocycles. The van der Waals surface area contributed by atoms with Crippen LogP contribution in [0.5, 0.6) is 0 Å². The molecule has 5 nitrogen and oxygen atoms in total. The van der Waals surface area contributed by atoms with Gasteiger partial charge >= 0.3 is 0 Å². The van der Waals surface area contributed by atoms with Gasteiger partial charge in [-0.1, -0.05) is 0 Å². The summed E-state index contributed by atoms with van der Waals surface area (Å²) in [5.74, 6) is 0.935. The largest absolute Gasteiger partial charge is 0.393 e. The molecule has 2 N–H and O–H groups in total. The minimum atomic E-state index is -0.103. The lowest BCUT2D eigenvalue weighted by atomic mass is 9.79. The summed E-state index contributed by atoms with van der Waals surface area (Å²) in [7, 11) is 0. The molecule has 0 atom stereocenters. The average molecular weight is 432 g/mol. The molecule has 0 radical (unpaired) electrons. The van der Waals surface area contributed by atoms with Gasteiger partial charge in [-0.3, -0.25) is 9.78 Å². The van der Waals surface area contributed by atoms with Crippen molar-refractivity contribution in [1.29, 1.82) is 0 Å². The molecular formula is C22H29N3O2S2. The summed E-state index contributed by atoms with van der Waals surface area (Å²) >= 11 is 3.49. The SMILES string of the molecule is O=C(CCCC1CC(O)C1)Cc1sc2c(c1-c1nc3cnccc3s1)CCNC2.[HH].[HH]. The molecule has 3 aromatic heterocycles. The number of pyridine rings is 1. The highest BCUT2D eigenvalue weighted by Crippen LogP contribution is 2.42. The summed E-state index contributed by atoms with van der Waals surface area (Å²) in [6.45, 7) is 1.86. The molecule has 5 rings (SSSR count). The predicted octanol–water partition coefficient (Wildman–Crippen LogP) is 4.61. The van der Waals surface area contributed by atoms with Crippen LogP contribution in [0.2, 0.25) is 0 Å². The zero-order chi connectivity index (χ0) is 19.8. The number of carbonyl (C=O) groups excluding carboxylic acids is 1. The van der Waals surface area contributed by atoms with Crippen LogP contribution in [0, 0.1) is 5.92 Å². The van der Waals surface area contributed by atoms with E-state index in [1.54, 1.807) is 22.7 Å². The molecule has 0 spiro atoms. The normalized spacial score (nSPS) is 21.1. The third-order valence-electron chi connectivity index (χ3n) is 6.04. The van der Waals surface area contributed by atoms with Gasteiger partial charge in [-0.25, -0.2) is 4.98 Å². The summed E-state index contributed by atoms with van der Waals surface area (Å²) in [5, 5.41) is 13.9.